The molecule has 7 nitrogen and oxygen atoms in total. The molecule has 0 atom stereocenters. The molecule has 0 bridgehead atoms. The van der Waals surface area contributed by atoms with E-state index in [1.807, 2.05) is 49.4 Å². The monoisotopic (exact) mass is 571 g/mol. The lowest BCUT2D eigenvalue weighted by Crippen LogP contribution is -2.41. The number of fused-ring (bicyclic) bond motifs is 2. The molecule has 8 heteroatoms. The molecule has 0 saturated carbocycles. The van der Waals surface area contributed by atoms with Crippen LogP contribution >= 0.6 is 11.6 Å². The Morgan fingerprint density at radius 2 is 1.93 bits per heavy atom. The largest absolute Gasteiger partial charge is 0.487 e. The molecule has 1 fully saturated rings. The van der Waals surface area contributed by atoms with Crippen LogP contribution in [0.4, 0.5) is 0 Å². The molecular formula is C33H34ClN3O4. The zero-order chi connectivity index (χ0) is 28.8. The maximum absolute atomic E-state index is 12.1. The number of carbonyl (C=O) groups excluding carboxylic acids is 1. The summed E-state index contributed by atoms with van der Waals surface area (Å²) in [7, 11) is 0. The third-order valence-electron chi connectivity index (χ3n) is 7.92. The number of allylic oxidation sites excluding steroid dienone is 1. The summed E-state index contributed by atoms with van der Waals surface area (Å²) in [6.07, 6.45) is 7.72. The summed E-state index contributed by atoms with van der Waals surface area (Å²) in [5.41, 5.74) is 5.94. The van der Waals surface area contributed by atoms with Crippen molar-refractivity contribution < 1.29 is 14.3 Å². The third kappa shape index (κ3) is 6.42. The number of carbonyl (C=O) groups is 1. The van der Waals surface area contributed by atoms with Crippen molar-refractivity contribution in [3.05, 3.63) is 111 Å². The number of hydrogen-bond acceptors (Lipinski definition) is 7. The molecule has 0 amide bonds. The smallest absolute Gasteiger partial charge is 0.331 e. The van der Waals surface area contributed by atoms with Gasteiger partial charge in [-0.2, -0.15) is 0 Å². The van der Waals surface area contributed by atoms with E-state index in [4.69, 9.17) is 21.1 Å². The first kappa shape index (κ1) is 28.7. The van der Waals surface area contributed by atoms with Crippen LogP contribution in [0.3, 0.4) is 0 Å². The lowest BCUT2D eigenvalue weighted by Gasteiger charge is -2.37. The van der Waals surface area contributed by atoms with Crippen molar-refractivity contribution >= 4 is 28.7 Å². The number of halogens is 1. The normalized spacial score (nSPS) is 17.6. The number of aromatic nitrogens is 1. The Morgan fingerprint density at radius 3 is 2.66 bits per heavy atom. The Balaban J connectivity index is 1.36. The number of nitroso groups, excluding NO2 is 1. The quantitative estimate of drug-likeness (QED) is 0.162. The van der Waals surface area contributed by atoms with Gasteiger partial charge in [-0.1, -0.05) is 47.1 Å². The second kappa shape index (κ2) is 12.8. The fourth-order valence-electron chi connectivity index (χ4n) is 5.60. The highest BCUT2D eigenvalue weighted by molar-refractivity contribution is 6.30. The Morgan fingerprint density at radius 1 is 1.15 bits per heavy atom. The van der Waals surface area contributed by atoms with Crippen molar-refractivity contribution in [3.63, 3.8) is 0 Å². The van der Waals surface area contributed by atoms with Crippen LogP contribution in [0.2, 0.25) is 5.02 Å². The molecule has 3 heterocycles. The minimum absolute atomic E-state index is 0.335. The predicted octanol–water partition coefficient (Wildman–Crippen LogP) is 7.17. The van der Waals surface area contributed by atoms with Crippen LogP contribution in [0.1, 0.15) is 61.1 Å². The van der Waals surface area contributed by atoms with Crippen molar-refractivity contribution in [2.75, 3.05) is 26.2 Å². The number of nitrogens with zero attached hydrogens (tertiary/aromatic N) is 3. The van der Waals surface area contributed by atoms with E-state index in [0.29, 0.717) is 31.1 Å². The minimum Gasteiger partial charge on any atom is -0.487 e. The van der Waals surface area contributed by atoms with E-state index >= 15 is 0 Å². The molecule has 0 spiro atoms. The lowest BCUT2D eigenvalue weighted by atomic mass is 9.82. The average Bonchev–Trinajstić information content (AvgIpc) is 3.14. The average molecular weight is 572 g/mol. The van der Waals surface area contributed by atoms with E-state index in [9.17, 15) is 9.70 Å². The van der Waals surface area contributed by atoms with Gasteiger partial charge < -0.3 is 14.4 Å². The standard InChI is InChI=1S/C33H34ClN3O4/c1-3-40-32(38)20-23(2)24-8-13-31-29(21-24)27(28-6-4-16-35-30(28)22-41-31)7-5-17-37-18-14-33(36-39,15-19-37)25-9-11-26(34)12-10-25/h4,6-13,16,20-21H,3,5,14-15,17-19,22H2,1-2H3/b23-20+,27-7+. The topological polar surface area (TPSA) is 81.1 Å². The second-order valence-electron chi connectivity index (χ2n) is 10.5. The summed E-state index contributed by atoms with van der Waals surface area (Å²) >= 11 is 6.06. The Kier molecular flexibility index (Phi) is 8.96. The summed E-state index contributed by atoms with van der Waals surface area (Å²) in [5, 5.41) is 4.24. The van der Waals surface area contributed by atoms with E-state index in [-0.39, 0.29) is 5.97 Å². The van der Waals surface area contributed by atoms with Crippen molar-refractivity contribution in [2.45, 2.75) is 45.3 Å². The first-order chi connectivity index (χ1) is 19.9. The number of rotatable bonds is 8. The van der Waals surface area contributed by atoms with Crippen LogP contribution in [-0.2, 0) is 21.7 Å². The van der Waals surface area contributed by atoms with Gasteiger partial charge in [0.2, 0.25) is 0 Å². The molecule has 2 aliphatic rings. The van der Waals surface area contributed by atoms with Crippen molar-refractivity contribution in [2.24, 2.45) is 5.18 Å². The van der Waals surface area contributed by atoms with Crippen molar-refractivity contribution in [1.29, 1.82) is 0 Å². The third-order valence-corrected chi connectivity index (χ3v) is 8.18. The zero-order valence-electron chi connectivity index (χ0n) is 23.4. The van der Waals surface area contributed by atoms with Gasteiger partial charge in [-0.3, -0.25) is 4.98 Å². The predicted molar refractivity (Wildman–Crippen MR) is 162 cm³/mol. The number of ether oxygens (including phenoxy) is 2. The highest BCUT2D eigenvalue weighted by Gasteiger charge is 2.37. The van der Waals surface area contributed by atoms with Gasteiger partial charge in [0.25, 0.3) is 0 Å². The zero-order valence-corrected chi connectivity index (χ0v) is 24.2. The molecule has 2 aliphatic heterocycles. The van der Waals surface area contributed by atoms with Crippen LogP contribution in [-0.4, -0.2) is 42.1 Å². The van der Waals surface area contributed by atoms with Crippen LogP contribution in [0, 0.1) is 4.91 Å². The van der Waals surface area contributed by atoms with Gasteiger partial charge in [0.15, 0.2) is 0 Å². The van der Waals surface area contributed by atoms with Crippen LogP contribution in [0.15, 0.2) is 78.1 Å². The molecule has 0 aliphatic carbocycles. The van der Waals surface area contributed by atoms with E-state index in [1.54, 1.807) is 13.1 Å². The number of hydrogen-bond donors (Lipinski definition) is 0. The number of pyridine rings is 1. The van der Waals surface area contributed by atoms with Gasteiger partial charge in [0.1, 0.15) is 17.9 Å². The second-order valence-corrected chi connectivity index (χ2v) is 10.9. The number of benzene rings is 2. The van der Waals surface area contributed by atoms with Gasteiger partial charge in [-0.15, -0.1) is 4.91 Å². The van der Waals surface area contributed by atoms with Crippen LogP contribution in [0.25, 0.3) is 11.1 Å². The molecule has 2 aromatic carbocycles. The number of piperidine rings is 1. The van der Waals surface area contributed by atoms with E-state index in [1.165, 1.54) is 6.08 Å². The van der Waals surface area contributed by atoms with Crippen LogP contribution < -0.4 is 4.74 Å². The summed E-state index contributed by atoms with van der Waals surface area (Å²) in [6.45, 7) is 6.85. The number of likely N-dealkylation sites (tertiary alicyclic amines) is 1. The fourth-order valence-corrected chi connectivity index (χ4v) is 5.72. The molecule has 41 heavy (non-hydrogen) atoms. The van der Waals surface area contributed by atoms with E-state index in [0.717, 1.165) is 70.9 Å². The fraction of sp³-hybridized carbons (Fsp3) is 0.333. The number of esters is 1. The molecule has 3 aromatic rings. The molecule has 0 radical (unpaired) electrons. The van der Waals surface area contributed by atoms with Gasteiger partial charge in [-0.05, 0) is 85.7 Å². The molecule has 5 rings (SSSR count). The molecular weight excluding hydrogens is 538 g/mol. The minimum atomic E-state index is -0.701. The lowest BCUT2D eigenvalue weighted by molar-refractivity contribution is -0.137. The van der Waals surface area contributed by atoms with E-state index in [2.05, 4.69) is 33.3 Å². The van der Waals surface area contributed by atoms with Crippen LogP contribution in [0.5, 0.6) is 5.75 Å². The van der Waals surface area contributed by atoms with Gasteiger partial charge >= 0.3 is 5.97 Å². The maximum Gasteiger partial charge on any atom is 0.331 e. The highest BCUT2D eigenvalue weighted by Crippen LogP contribution is 2.39. The highest BCUT2D eigenvalue weighted by atomic mass is 35.5. The Bertz CT molecular complexity index is 1470. The Labute approximate surface area is 245 Å². The SMILES string of the molecule is CCOC(=O)/C=C(\C)c1ccc2c(c1)/C(=C/CCN1CCC(N=O)(c3ccc(Cl)cc3)CC1)c1cccnc1CO2. The molecule has 1 aromatic heterocycles. The van der Waals surface area contributed by atoms with Crippen molar-refractivity contribution in [1.82, 2.24) is 9.88 Å². The maximum atomic E-state index is 12.1. The Hall–Kier alpha value is -3.81. The first-order valence-corrected chi connectivity index (χ1v) is 14.4. The molecule has 0 N–H and O–H groups in total. The molecule has 0 unspecified atom stereocenters. The summed E-state index contributed by atoms with van der Waals surface area (Å²) in [4.78, 5) is 31.0. The first-order valence-electron chi connectivity index (χ1n) is 14.0. The van der Waals surface area contributed by atoms with Gasteiger partial charge in [0.05, 0.1) is 12.3 Å². The molecule has 212 valence electrons. The van der Waals surface area contributed by atoms with Gasteiger partial charge in [0, 0.05) is 48.1 Å². The summed E-state index contributed by atoms with van der Waals surface area (Å²) in [6, 6.07) is 17.5. The van der Waals surface area contributed by atoms with Crippen molar-refractivity contribution in [3.8, 4) is 5.75 Å². The van der Waals surface area contributed by atoms with Gasteiger partial charge in [-0.25, -0.2) is 4.79 Å². The summed E-state index contributed by atoms with van der Waals surface area (Å²) < 4.78 is 11.3. The molecule has 1 saturated heterocycles. The summed E-state index contributed by atoms with van der Waals surface area (Å²) in [5.74, 6) is 0.428. The van der Waals surface area contributed by atoms with E-state index < -0.39 is 5.54 Å².